The highest BCUT2D eigenvalue weighted by molar-refractivity contribution is 9.10. The van der Waals surface area contributed by atoms with Crippen molar-refractivity contribution >= 4 is 21.7 Å². The van der Waals surface area contributed by atoms with Crippen LogP contribution in [0.4, 0.5) is 5.82 Å². The van der Waals surface area contributed by atoms with Gasteiger partial charge in [0.05, 0.1) is 0 Å². The number of nitrogen functional groups attached to an aromatic ring is 1. The number of halogens is 1. The lowest BCUT2D eigenvalue weighted by molar-refractivity contribution is 0.305. The fraction of sp³-hybridized carbons (Fsp3) is 0.154. The average Bonchev–Trinajstić information content (AvgIpc) is 2.33. The molecule has 0 amide bonds. The Kier molecular flexibility index (Phi) is 3.64. The van der Waals surface area contributed by atoms with Crippen LogP contribution in [0.15, 0.2) is 41.0 Å². The minimum atomic E-state index is 0.494. The minimum Gasteiger partial charge on any atom is -0.489 e. The van der Waals surface area contributed by atoms with Crippen LogP contribution in [0.5, 0.6) is 5.75 Å². The number of hydrogen-bond donors (Lipinski definition) is 1. The summed E-state index contributed by atoms with van der Waals surface area (Å²) in [6, 6.07) is 9.59. The summed E-state index contributed by atoms with van der Waals surface area (Å²) in [5.74, 6) is 1.37. The molecular weight excluding hydrogens is 280 g/mol. The summed E-state index contributed by atoms with van der Waals surface area (Å²) < 4.78 is 6.75. The van der Waals surface area contributed by atoms with Gasteiger partial charge >= 0.3 is 0 Å². The molecule has 0 aliphatic carbocycles. The van der Waals surface area contributed by atoms with Gasteiger partial charge in [0, 0.05) is 16.2 Å². The molecule has 0 spiro atoms. The van der Waals surface area contributed by atoms with Crippen LogP contribution in [0.2, 0.25) is 0 Å². The van der Waals surface area contributed by atoms with E-state index in [-0.39, 0.29) is 0 Å². The van der Waals surface area contributed by atoms with Crippen molar-refractivity contribution in [2.75, 3.05) is 5.73 Å². The molecule has 1 aromatic heterocycles. The molecular formula is C13H13BrN2O. The minimum absolute atomic E-state index is 0.494. The van der Waals surface area contributed by atoms with Gasteiger partial charge in [-0.3, -0.25) is 0 Å². The van der Waals surface area contributed by atoms with Gasteiger partial charge in [0.1, 0.15) is 18.2 Å². The number of pyridine rings is 1. The second-order valence-corrected chi connectivity index (χ2v) is 4.65. The Balaban J connectivity index is 2.02. The van der Waals surface area contributed by atoms with Crippen LogP contribution in [0.25, 0.3) is 0 Å². The largest absolute Gasteiger partial charge is 0.489 e. The molecule has 0 aliphatic rings. The predicted molar refractivity (Wildman–Crippen MR) is 71.9 cm³/mol. The van der Waals surface area contributed by atoms with E-state index in [1.807, 2.05) is 31.2 Å². The van der Waals surface area contributed by atoms with Crippen molar-refractivity contribution in [3.8, 4) is 5.75 Å². The van der Waals surface area contributed by atoms with Gasteiger partial charge in [0.15, 0.2) is 0 Å². The van der Waals surface area contributed by atoms with Gasteiger partial charge in [0.25, 0.3) is 0 Å². The van der Waals surface area contributed by atoms with Crippen LogP contribution in [-0.2, 0) is 6.61 Å². The van der Waals surface area contributed by atoms with E-state index in [4.69, 9.17) is 10.5 Å². The van der Waals surface area contributed by atoms with Crippen molar-refractivity contribution in [3.05, 3.63) is 52.1 Å². The van der Waals surface area contributed by atoms with E-state index in [0.29, 0.717) is 12.4 Å². The molecule has 0 unspecified atom stereocenters. The summed E-state index contributed by atoms with van der Waals surface area (Å²) in [7, 11) is 0. The normalized spacial score (nSPS) is 10.2. The Morgan fingerprint density at radius 1 is 1.29 bits per heavy atom. The maximum Gasteiger partial charge on any atom is 0.123 e. The number of nitrogens with zero attached hydrogens (tertiary/aromatic N) is 1. The van der Waals surface area contributed by atoms with Gasteiger partial charge in [-0.05, 0) is 36.8 Å². The van der Waals surface area contributed by atoms with Crippen molar-refractivity contribution in [1.29, 1.82) is 0 Å². The molecule has 2 aromatic rings. The molecule has 1 heterocycles. The first kappa shape index (κ1) is 11.9. The molecule has 17 heavy (non-hydrogen) atoms. The molecule has 0 saturated carbocycles. The van der Waals surface area contributed by atoms with E-state index < -0.39 is 0 Å². The number of anilines is 1. The second-order valence-electron chi connectivity index (χ2n) is 3.79. The summed E-state index contributed by atoms with van der Waals surface area (Å²) in [5, 5.41) is 0. The second kappa shape index (κ2) is 5.19. The first-order valence-electron chi connectivity index (χ1n) is 5.24. The zero-order valence-electron chi connectivity index (χ0n) is 9.48. The summed E-state index contributed by atoms with van der Waals surface area (Å²) in [6.07, 6.45) is 1.72. The quantitative estimate of drug-likeness (QED) is 0.944. The van der Waals surface area contributed by atoms with Gasteiger partial charge in [-0.25, -0.2) is 4.98 Å². The van der Waals surface area contributed by atoms with Crippen molar-refractivity contribution in [3.63, 3.8) is 0 Å². The van der Waals surface area contributed by atoms with E-state index >= 15 is 0 Å². The zero-order valence-corrected chi connectivity index (χ0v) is 11.1. The van der Waals surface area contributed by atoms with E-state index in [9.17, 15) is 0 Å². The number of benzene rings is 1. The molecule has 0 saturated heterocycles. The molecule has 2 rings (SSSR count). The van der Waals surface area contributed by atoms with Crippen LogP contribution < -0.4 is 10.5 Å². The monoisotopic (exact) mass is 292 g/mol. The van der Waals surface area contributed by atoms with Crippen LogP contribution in [0, 0.1) is 6.92 Å². The molecule has 4 heteroatoms. The molecule has 0 bridgehead atoms. The van der Waals surface area contributed by atoms with E-state index in [1.54, 1.807) is 12.3 Å². The third-order valence-corrected chi connectivity index (χ3v) is 3.27. The first-order valence-corrected chi connectivity index (χ1v) is 6.04. The smallest absolute Gasteiger partial charge is 0.123 e. The average molecular weight is 293 g/mol. The fourth-order valence-electron chi connectivity index (χ4n) is 1.39. The molecule has 3 nitrogen and oxygen atoms in total. The summed E-state index contributed by atoms with van der Waals surface area (Å²) in [5.41, 5.74) is 7.66. The standard InChI is InChI=1S/C13H13BrN2O/c1-9-6-11(3-4-12(9)14)17-8-10-2-5-13(15)16-7-10/h2-7H,8H2,1H3,(H2,15,16). The van der Waals surface area contributed by atoms with Crippen molar-refractivity contribution in [1.82, 2.24) is 4.98 Å². The maximum atomic E-state index is 5.67. The predicted octanol–water partition coefficient (Wildman–Crippen LogP) is 3.31. The Morgan fingerprint density at radius 2 is 2.12 bits per heavy atom. The Hall–Kier alpha value is -1.55. The molecule has 1 aromatic carbocycles. The van der Waals surface area contributed by atoms with Crippen LogP contribution in [-0.4, -0.2) is 4.98 Å². The Labute approximate surface area is 109 Å². The lowest BCUT2D eigenvalue weighted by atomic mass is 10.2. The van der Waals surface area contributed by atoms with Crippen LogP contribution in [0.1, 0.15) is 11.1 Å². The Bertz CT molecular complexity index is 511. The van der Waals surface area contributed by atoms with Gasteiger partial charge in [0.2, 0.25) is 0 Å². The lowest BCUT2D eigenvalue weighted by Crippen LogP contribution is -1.97. The van der Waals surface area contributed by atoms with Crippen molar-refractivity contribution < 1.29 is 4.74 Å². The fourth-order valence-corrected chi connectivity index (χ4v) is 1.64. The molecule has 0 radical (unpaired) electrons. The number of rotatable bonds is 3. The van der Waals surface area contributed by atoms with Crippen molar-refractivity contribution in [2.45, 2.75) is 13.5 Å². The molecule has 0 atom stereocenters. The number of nitrogens with two attached hydrogens (primary N) is 1. The SMILES string of the molecule is Cc1cc(OCc2ccc(N)nc2)ccc1Br. The van der Waals surface area contributed by atoms with Gasteiger partial charge in [-0.2, -0.15) is 0 Å². The first-order chi connectivity index (χ1) is 8.15. The number of ether oxygens (including phenoxy) is 1. The van der Waals surface area contributed by atoms with Crippen LogP contribution in [0.3, 0.4) is 0 Å². The Morgan fingerprint density at radius 3 is 2.76 bits per heavy atom. The van der Waals surface area contributed by atoms with E-state index in [0.717, 1.165) is 21.3 Å². The van der Waals surface area contributed by atoms with E-state index in [2.05, 4.69) is 20.9 Å². The summed E-state index contributed by atoms with van der Waals surface area (Å²) in [4.78, 5) is 4.01. The highest BCUT2D eigenvalue weighted by atomic mass is 79.9. The molecule has 2 N–H and O–H groups in total. The highest BCUT2D eigenvalue weighted by Gasteiger charge is 1.99. The molecule has 88 valence electrons. The summed E-state index contributed by atoms with van der Waals surface area (Å²) >= 11 is 3.45. The number of aryl methyl sites for hydroxylation is 1. The van der Waals surface area contributed by atoms with E-state index in [1.165, 1.54) is 0 Å². The van der Waals surface area contributed by atoms with Gasteiger partial charge in [-0.1, -0.05) is 22.0 Å². The third-order valence-electron chi connectivity index (χ3n) is 2.38. The third kappa shape index (κ3) is 3.20. The molecule has 0 aliphatic heterocycles. The van der Waals surface area contributed by atoms with Gasteiger partial charge in [-0.15, -0.1) is 0 Å². The topological polar surface area (TPSA) is 48.1 Å². The maximum absolute atomic E-state index is 5.67. The highest BCUT2D eigenvalue weighted by Crippen LogP contribution is 2.22. The summed E-state index contributed by atoms with van der Waals surface area (Å²) in [6.45, 7) is 2.52. The van der Waals surface area contributed by atoms with Crippen molar-refractivity contribution in [2.24, 2.45) is 0 Å². The number of aromatic nitrogens is 1. The lowest BCUT2D eigenvalue weighted by Gasteiger charge is -2.07. The van der Waals surface area contributed by atoms with Crippen LogP contribution >= 0.6 is 15.9 Å². The van der Waals surface area contributed by atoms with Gasteiger partial charge < -0.3 is 10.5 Å². The molecule has 0 fully saturated rings. The zero-order chi connectivity index (χ0) is 12.3. The number of hydrogen-bond acceptors (Lipinski definition) is 3.